The van der Waals surface area contributed by atoms with Crippen molar-refractivity contribution >= 4 is 59.0 Å². The number of unbranched alkanes of at least 4 members (excludes halogenated alkanes) is 1. The molecule has 308 valence electrons. The van der Waals surface area contributed by atoms with Crippen LogP contribution in [-0.4, -0.2) is 75.8 Å². The number of para-hydroxylation sites is 1. The van der Waals surface area contributed by atoms with Gasteiger partial charge in [-0.2, -0.15) is 0 Å². The molecule has 1 saturated carbocycles. The summed E-state index contributed by atoms with van der Waals surface area (Å²) in [4.78, 5) is 93.9. The summed E-state index contributed by atoms with van der Waals surface area (Å²) < 4.78 is 0. The van der Waals surface area contributed by atoms with Gasteiger partial charge in [0, 0.05) is 48.4 Å². The van der Waals surface area contributed by atoms with Crippen LogP contribution in [0.5, 0.6) is 0 Å². The number of aliphatic carboxylic acids is 1. The average Bonchev–Trinajstić information content (AvgIpc) is 3.20. The minimum absolute atomic E-state index is 0.0482. The third-order valence-corrected chi connectivity index (χ3v) is 9.81. The number of nitrogens with one attached hydrogen (secondary N) is 6. The number of hydrogen-bond acceptors (Lipinski definition) is 8. The molecule has 0 aliphatic heterocycles. The summed E-state index contributed by atoms with van der Waals surface area (Å²) in [5, 5.41) is 25.7. The number of carbonyl (C=O) groups excluding carboxylic acids is 6. The summed E-state index contributed by atoms with van der Waals surface area (Å²) in [5.74, 6) is -4.07. The normalized spacial score (nSPS) is 14.3. The molecular weight excluding hydrogens is 745 g/mol. The molecule has 1 heterocycles. The van der Waals surface area contributed by atoms with Crippen molar-refractivity contribution in [2.45, 2.75) is 95.2 Å². The number of carboxylic acid groups (broad SMARTS) is 1. The SMILES string of the molecule is Cc1ccccc1NC(=O)Nc1ccc(C(=O)N[C@H](CCCCNC(=O)/C=C/c2cccnc2)C(=O)N[C@H](CCCC(=O)O)C(=O)NC2(C(N)=O)CCCCC2)cc1. The highest BCUT2D eigenvalue weighted by Gasteiger charge is 2.41. The average molecular weight is 797 g/mol. The summed E-state index contributed by atoms with van der Waals surface area (Å²) in [6.07, 6.45) is 9.83. The molecule has 2 atom stereocenters. The summed E-state index contributed by atoms with van der Waals surface area (Å²) >= 11 is 0. The molecule has 1 aromatic heterocycles. The number of aryl methyl sites for hydroxylation is 1. The Balaban J connectivity index is 1.44. The molecule has 1 aliphatic carbocycles. The molecule has 4 rings (SSSR count). The van der Waals surface area contributed by atoms with Crippen LogP contribution >= 0.6 is 0 Å². The van der Waals surface area contributed by atoms with E-state index in [0.29, 0.717) is 49.9 Å². The van der Waals surface area contributed by atoms with E-state index in [-0.39, 0.29) is 43.7 Å². The van der Waals surface area contributed by atoms with Gasteiger partial charge in [-0.3, -0.25) is 33.8 Å². The van der Waals surface area contributed by atoms with Gasteiger partial charge in [-0.05, 0) is 105 Å². The fourth-order valence-corrected chi connectivity index (χ4v) is 6.51. The molecule has 58 heavy (non-hydrogen) atoms. The Morgan fingerprint density at radius 2 is 1.53 bits per heavy atom. The number of nitrogens with zero attached hydrogens (tertiary/aromatic N) is 1. The van der Waals surface area contributed by atoms with E-state index < -0.39 is 53.3 Å². The largest absolute Gasteiger partial charge is 0.481 e. The zero-order chi connectivity index (χ0) is 41.9. The minimum atomic E-state index is -1.29. The van der Waals surface area contributed by atoms with Crippen LogP contribution in [0.2, 0.25) is 0 Å². The van der Waals surface area contributed by atoms with Crippen LogP contribution in [0.15, 0.2) is 79.1 Å². The lowest BCUT2D eigenvalue weighted by Gasteiger charge is -2.36. The minimum Gasteiger partial charge on any atom is -0.481 e. The first kappa shape index (κ1) is 44.1. The maximum atomic E-state index is 13.9. The quantitative estimate of drug-likeness (QED) is 0.0603. The Hall–Kier alpha value is -6.58. The van der Waals surface area contributed by atoms with E-state index >= 15 is 0 Å². The molecule has 16 nitrogen and oxygen atoms in total. The van der Waals surface area contributed by atoms with E-state index in [1.807, 2.05) is 19.1 Å². The number of amides is 7. The smallest absolute Gasteiger partial charge is 0.323 e. The Morgan fingerprint density at radius 3 is 2.21 bits per heavy atom. The number of anilines is 2. The van der Waals surface area contributed by atoms with Crippen LogP contribution in [0.3, 0.4) is 0 Å². The summed E-state index contributed by atoms with van der Waals surface area (Å²) in [5.41, 5.74) is 7.33. The molecule has 1 aliphatic rings. The molecule has 16 heteroatoms. The molecule has 0 unspecified atom stereocenters. The van der Waals surface area contributed by atoms with E-state index in [0.717, 1.165) is 17.5 Å². The molecular formula is C42H52N8O8. The fraction of sp³-hybridized carbons (Fsp3) is 0.381. The van der Waals surface area contributed by atoms with Crippen LogP contribution in [0, 0.1) is 6.92 Å². The fourth-order valence-electron chi connectivity index (χ4n) is 6.51. The molecule has 0 radical (unpaired) electrons. The van der Waals surface area contributed by atoms with E-state index in [1.54, 1.807) is 42.7 Å². The molecule has 0 spiro atoms. The lowest BCUT2D eigenvalue weighted by Crippen LogP contribution is -2.62. The van der Waals surface area contributed by atoms with Gasteiger partial charge in [0.05, 0.1) is 0 Å². The molecule has 7 amide bonds. The van der Waals surface area contributed by atoms with Crippen LogP contribution in [0.4, 0.5) is 16.2 Å². The predicted octanol–water partition coefficient (Wildman–Crippen LogP) is 4.18. The van der Waals surface area contributed by atoms with Crippen molar-refractivity contribution in [1.29, 1.82) is 0 Å². The highest BCUT2D eigenvalue weighted by atomic mass is 16.4. The van der Waals surface area contributed by atoms with E-state index in [2.05, 4.69) is 36.9 Å². The zero-order valence-corrected chi connectivity index (χ0v) is 32.6. The lowest BCUT2D eigenvalue weighted by molar-refractivity contribution is -0.137. The highest BCUT2D eigenvalue weighted by Crippen LogP contribution is 2.28. The van der Waals surface area contributed by atoms with Crippen LogP contribution in [-0.2, 0) is 24.0 Å². The number of urea groups is 1. The number of carbonyl (C=O) groups is 7. The number of primary amides is 1. The Labute approximate surface area is 337 Å². The van der Waals surface area contributed by atoms with Crippen molar-refractivity contribution in [1.82, 2.24) is 26.3 Å². The second-order valence-electron chi connectivity index (χ2n) is 14.2. The number of pyridine rings is 1. The summed E-state index contributed by atoms with van der Waals surface area (Å²) in [6, 6.07) is 14.0. The third-order valence-electron chi connectivity index (χ3n) is 9.81. The summed E-state index contributed by atoms with van der Waals surface area (Å²) in [6.45, 7) is 2.14. The maximum Gasteiger partial charge on any atom is 0.323 e. The Bertz CT molecular complexity index is 1930. The predicted molar refractivity (Wildman–Crippen MR) is 218 cm³/mol. The summed E-state index contributed by atoms with van der Waals surface area (Å²) in [7, 11) is 0. The third kappa shape index (κ3) is 14.2. The van der Waals surface area contributed by atoms with Crippen molar-refractivity contribution in [3.05, 3.63) is 95.8 Å². The van der Waals surface area contributed by atoms with Crippen LogP contribution in [0.25, 0.3) is 6.08 Å². The maximum absolute atomic E-state index is 13.9. The van der Waals surface area contributed by atoms with Gasteiger partial charge in [0.15, 0.2) is 0 Å². The molecule has 1 fully saturated rings. The van der Waals surface area contributed by atoms with Gasteiger partial charge in [-0.25, -0.2) is 4.79 Å². The number of hydrogen-bond donors (Lipinski definition) is 8. The molecule has 2 aromatic carbocycles. The number of rotatable bonds is 20. The van der Waals surface area contributed by atoms with Gasteiger partial charge in [-0.15, -0.1) is 0 Å². The zero-order valence-electron chi connectivity index (χ0n) is 32.6. The molecule has 3 aromatic rings. The molecule has 9 N–H and O–H groups in total. The van der Waals surface area contributed by atoms with Gasteiger partial charge in [0.1, 0.15) is 17.6 Å². The van der Waals surface area contributed by atoms with Crippen LogP contribution < -0.4 is 37.6 Å². The van der Waals surface area contributed by atoms with Crippen molar-refractivity contribution in [2.75, 3.05) is 17.2 Å². The number of carboxylic acids is 1. The van der Waals surface area contributed by atoms with E-state index in [4.69, 9.17) is 5.73 Å². The van der Waals surface area contributed by atoms with Gasteiger partial charge in [-0.1, -0.05) is 43.5 Å². The van der Waals surface area contributed by atoms with Gasteiger partial charge < -0.3 is 42.7 Å². The lowest BCUT2D eigenvalue weighted by atomic mass is 9.80. The first-order valence-electron chi connectivity index (χ1n) is 19.4. The second-order valence-corrected chi connectivity index (χ2v) is 14.2. The second kappa shape index (κ2) is 22.2. The number of nitrogens with two attached hydrogens (primary N) is 1. The van der Waals surface area contributed by atoms with Crippen molar-refractivity contribution in [2.24, 2.45) is 5.73 Å². The van der Waals surface area contributed by atoms with E-state index in [1.165, 1.54) is 30.3 Å². The first-order valence-corrected chi connectivity index (χ1v) is 19.4. The molecule has 0 bridgehead atoms. The van der Waals surface area contributed by atoms with Crippen molar-refractivity contribution in [3.63, 3.8) is 0 Å². The Kier molecular flexibility index (Phi) is 16.9. The van der Waals surface area contributed by atoms with Crippen molar-refractivity contribution < 1.29 is 38.7 Å². The topological polar surface area (TPSA) is 251 Å². The Morgan fingerprint density at radius 1 is 0.828 bits per heavy atom. The molecule has 0 saturated heterocycles. The monoisotopic (exact) mass is 796 g/mol. The standard InChI is InChI=1S/C42H52N8O8/c1-28-11-3-4-13-32(28)49-41(58)46-31-20-18-30(19-21-31)37(54)47-33(14-5-8-26-45-35(51)22-17-29-12-10-25-44-27-29)38(55)48-34(15-9-16-36(52)53)39(56)50-42(40(43)57)23-6-2-7-24-42/h3-4,10-13,17-22,25,27,33-34H,2,5-9,14-16,23-24,26H2,1H3,(H2,43,57)(H,45,51)(H,47,54)(H,48,55)(H,50,56)(H,52,53)(H2,46,49,58)/b22-17+/t33-,34-/m1/s1. The van der Waals surface area contributed by atoms with Gasteiger partial charge in [0.2, 0.25) is 23.6 Å². The van der Waals surface area contributed by atoms with Crippen molar-refractivity contribution in [3.8, 4) is 0 Å². The van der Waals surface area contributed by atoms with Gasteiger partial charge >= 0.3 is 12.0 Å². The number of benzene rings is 2. The first-order chi connectivity index (χ1) is 27.8. The van der Waals surface area contributed by atoms with Gasteiger partial charge in [0.25, 0.3) is 5.91 Å². The number of aromatic nitrogens is 1. The van der Waals surface area contributed by atoms with E-state index in [9.17, 15) is 38.7 Å². The van der Waals surface area contributed by atoms with Crippen LogP contribution in [0.1, 0.15) is 92.1 Å². The highest BCUT2D eigenvalue weighted by molar-refractivity contribution is 6.02.